The molecule has 0 N–H and O–H groups in total. The molecule has 0 aliphatic carbocycles. The minimum absolute atomic E-state index is 0.0106. The van der Waals surface area contributed by atoms with Crippen molar-refractivity contribution in [3.05, 3.63) is 18.2 Å². The Balaban J connectivity index is 1.88. The molecule has 2 heterocycles. The van der Waals surface area contributed by atoms with E-state index in [0.717, 1.165) is 18.4 Å². The zero-order valence-electron chi connectivity index (χ0n) is 10.0. The second kappa shape index (κ2) is 5.12. The van der Waals surface area contributed by atoms with Gasteiger partial charge in [0.25, 0.3) is 0 Å². The molecule has 1 aromatic rings. The number of carbonyl (C=O) groups is 2. The van der Waals surface area contributed by atoms with Crippen molar-refractivity contribution in [2.24, 2.45) is 13.0 Å². The van der Waals surface area contributed by atoms with Crippen molar-refractivity contribution in [2.75, 3.05) is 13.1 Å². The van der Waals surface area contributed by atoms with Crippen LogP contribution in [0.2, 0.25) is 0 Å². The van der Waals surface area contributed by atoms with Gasteiger partial charge in [0, 0.05) is 45.1 Å². The van der Waals surface area contributed by atoms with E-state index >= 15 is 0 Å². The summed E-state index contributed by atoms with van der Waals surface area (Å²) < 4.78 is 1.89. The van der Waals surface area contributed by atoms with Crippen LogP contribution < -0.4 is 0 Å². The second-order valence-electron chi connectivity index (χ2n) is 4.56. The maximum atomic E-state index is 11.7. The first-order valence-electron chi connectivity index (χ1n) is 5.89. The normalized spacial score (nSPS) is 20.6. The highest BCUT2D eigenvalue weighted by Gasteiger charge is 2.24. The number of nitrogens with zero attached hydrogens (tertiary/aromatic N) is 3. The van der Waals surface area contributed by atoms with E-state index in [-0.39, 0.29) is 11.8 Å². The molecule has 0 spiro atoms. The molecule has 1 unspecified atom stereocenters. The molecule has 1 aliphatic rings. The SMILES string of the molecule is Cn1cnc(CCN2CC(C=O)CCC2=O)c1. The highest BCUT2D eigenvalue weighted by atomic mass is 16.2. The minimum atomic E-state index is 0.0106. The molecule has 0 bridgehead atoms. The fourth-order valence-corrected chi connectivity index (χ4v) is 2.12. The quantitative estimate of drug-likeness (QED) is 0.710. The van der Waals surface area contributed by atoms with Crippen molar-refractivity contribution >= 4 is 12.2 Å². The van der Waals surface area contributed by atoms with Gasteiger partial charge in [0.05, 0.1) is 12.0 Å². The van der Waals surface area contributed by atoms with E-state index < -0.39 is 0 Å². The number of imidazole rings is 1. The Bertz CT molecular complexity index is 414. The van der Waals surface area contributed by atoms with Crippen molar-refractivity contribution in [2.45, 2.75) is 19.3 Å². The van der Waals surface area contributed by atoms with Gasteiger partial charge in [-0.2, -0.15) is 0 Å². The number of piperidine rings is 1. The van der Waals surface area contributed by atoms with Crippen molar-refractivity contribution in [1.82, 2.24) is 14.5 Å². The lowest BCUT2D eigenvalue weighted by molar-refractivity contribution is -0.135. The molecular weight excluding hydrogens is 218 g/mol. The van der Waals surface area contributed by atoms with Crippen LogP contribution in [0.1, 0.15) is 18.5 Å². The number of amides is 1. The summed E-state index contributed by atoms with van der Waals surface area (Å²) in [5.74, 6) is 0.162. The lowest BCUT2D eigenvalue weighted by Gasteiger charge is -2.29. The zero-order valence-corrected chi connectivity index (χ0v) is 10.0. The van der Waals surface area contributed by atoms with Gasteiger partial charge in [-0.25, -0.2) is 4.98 Å². The lowest BCUT2D eigenvalue weighted by Crippen LogP contribution is -2.41. The van der Waals surface area contributed by atoms with E-state index in [0.29, 0.717) is 25.9 Å². The molecule has 5 heteroatoms. The summed E-state index contributed by atoms with van der Waals surface area (Å²) >= 11 is 0. The van der Waals surface area contributed by atoms with Crippen LogP contribution in [0.15, 0.2) is 12.5 Å². The maximum Gasteiger partial charge on any atom is 0.222 e. The number of hydrogen-bond acceptors (Lipinski definition) is 3. The monoisotopic (exact) mass is 235 g/mol. The molecular formula is C12H17N3O2. The lowest BCUT2D eigenvalue weighted by atomic mass is 9.99. The van der Waals surface area contributed by atoms with E-state index in [1.807, 2.05) is 17.8 Å². The first-order valence-corrected chi connectivity index (χ1v) is 5.89. The van der Waals surface area contributed by atoms with Crippen LogP contribution in [0.3, 0.4) is 0 Å². The number of carbonyl (C=O) groups excluding carboxylic acids is 2. The van der Waals surface area contributed by atoms with Gasteiger partial charge in [-0.3, -0.25) is 4.79 Å². The summed E-state index contributed by atoms with van der Waals surface area (Å²) in [5.41, 5.74) is 0.980. The Hall–Kier alpha value is -1.65. The predicted molar refractivity (Wildman–Crippen MR) is 62.3 cm³/mol. The first kappa shape index (κ1) is 11.8. The van der Waals surface area contributed by atoms with Gasteiger partial charge >= 0.3 is 0 Å². The van der Waals surface area contributed by atoms with Gasteiger partial charge in [-0.05, 0) is 6.42 Å². The summed E-state index contributed by atoms with van der Waals surface area (Å²) in [5, 5.41) is 0. The maximum absolute atomic E-state index is 11.7. The standard InChI is InChI=1S/C12H17N3O2/c1-14-7-11(13-9-14)4-5-15-6-10(8-16)2-3-12(15)17/h7-10H,2-6H2,1H3. The Kier molecular flexibility index (Phi) is 3.56. The van der Waals surface area contributed by atoms with E-state index in [1.54, 1.807) is 11.2 Å². The highest BCUT2D eigenvalue weighted by Crippen LogP contribution is 2.15. The number of aldehydes is 1. The molecule has 1 fully saturated rings. The topological polar surface area (TPSA) is 55.2 Å². The Morgan fingerprint density at radius 2 is 2.41 bits per heavy atom. The molecule has 92 valence electrons. The number of aryl methyl sites for hydroxylation is 1. The molecule has 0 radical (unpaired) electrons. The van der Waals surface area contributed by atoms with Gasteiger partial charge in [0.15, 0.2) is 0 Å². The molecule has 1 saturated heterocycles. The van der Waals surface area contributed by atoms with E-state index in [4.69, 9.17) is 0 Å². The third-order valence-electron chi connectivity index (χ3n) is 3.13. The van der Waals surface area contributed by atoms with Crippen molar-refractivity contribution in [3.63, 3.8) is 0 Å². The third kappa shape index (κ3) is 2.93. The van der Waals surface area contributed by atoms with Crippen LogP contribution in [0.25, 0.3) is 0 Å². The molecule has 1 amide bonds. The molecule has 1 aromatic heterocycles. The van der Waals surface area contributed by atoms with Gasteiger partial charge in [0.1, 0.15) is 6.29 Å². The number of likely N-dealkylation sites (tertiary alicyclic amines) is 1. The third-order valence-corrected chi connectivity index (χ3v) is 3.13. The van der Waals surface area contributed by atoms with Gasteiger partial charge in [0.2, 0.25) is 5.91 Å². The largest absolute Gasteiger partial charge is 0.342 e. The summed E-state index contributed by atoms with van der Waals surface area (Å²) in [6, 6.07) is 0. The van der Waals surface area contributed by atoms with Crippen LogP contribution in [0.4, 0.5) is 0 Å². The van der Waals surface area contributed by atoms with E-state index in [1.165, 1.54) is 0 Å². The minimum Gasteiger partial charge on any atom is -0.342 e. The van der Waals surface area contributed by atoms with Crippen LogP contribution in [0.5, 0.6) is 0 Å². The molecule has 5 nitrogen and oxygen atoms in total. The summed E-state index contributed by atoms with van der Waals surface area (Å²) in [6.45, 7) is 1.22. The number of aromatic nitrogens is 2. The average molecular weight is 235 g/mol. The van der Waals surface area contributed by atoms with Crippen molar-refractivity contribution in [1.29, 1.82) is 0 Å². The molecule has 1 aliphatic heterocycles. The predicted octanol–water partition coefficient (Wildman–Crippen LogP) is 0.400. The van der Waals surface area contributed by atoms with Gasteiger partial charge in [-0.15, -0.1) is 0 Å². The van der Waals surface area contributed by atoms with Crippen molar-refractivity contribution in [3.8, 4) is 0 Å². The van der Waals surface area contributed by atoms with Crippen LogP contribution in [-0.2, 0) is 23.1 Å². The van der Waals surface area contributed by atoms with Crippen LogP contribution in [0, 0.1) is 5.92 Å². The molecule has 0 aromatic carbocycles. The molecule has 17 heavy (non-hydrogen) atoms. The van der Waals surface area contributed by atoms with E-state index in [2.05, 4.69) is 4.98 Å². The fraction of sp³-hybridized carbons (Fsp3) is 0.583. The smallest absolute Gasteiger partial charge is 0.222 e. The van der Waals surface area contributed by atoms with E-state index in [9.17, 15) is 9.59 Å². The van der Waals surface area contributed by atoms with Gasteiger partial charge < -0.3 is 14.3 Å². The Morgan fingerprint density at radius 1 is 1.59 bits per heavy atom. The molecule has 0 saturated carbocycles. The Morgan fingerprint density at radius 3 is 3.06 bits per heavy atom. The summed E-state index contributed by atoms with van der Waals surface area (Å²) in [7, 11) is 1.92. The summed E-state index contributed by atoms with van der Waals surface area (Å²) in [6.07, 6.45) is 6.60. The summed E-state index contributed by atoms with van der Waals surface area (Å²) in [4.78, 5) is 28.4. The molecule has 2 rings (SSSR count). The van der Waals surface area contributed by atoms with Crippen LogP contribution in [-0.4, -0.2) is 39.7 Å². The zero-order chi connectivity index (χ0) is 12.3. The molecule has 1 atom stereocenters. The second-order valence-corrected chi connectivity index (χ2v) is 4.56. The highest BCUT2D eigenvalue weighted by molar-refractivity contribution is 5.78. The average Bonchev–Trinajstić information content (AvgIpc) is 2.74. The first-order chi connectivity index (χ1) is 8.19. The van der Waals surface area contributed by atoms with Crippen molar-refractivity contribution < 1.29 is 9.59 Å². The number of rotatable bonds is 4. The van der Waals surface area contributed by atoms with Crippen LogP contribution >= 0.6 is 0 Å². The van der Waals surface area contributed by atoms with Gasteiger partial charge in [-0.1, -0.05) is 0 Å². The Labute approximate surface area is 100 Å². The fourth-order valence-electron chi connectivity index (χ4n) is 2.12. The number of hydrogen-bond donors (Lipinski definition) is 0.